The number of halogens is 1. The van der Waals surface area contributed by atoms with Gasteiger partial charge in [-0.05, 0) is 17.5 Å². The zero-order valence-corrected chi connectivity index (χ0v) is 7.61. The van der Waals surface area contributed by atoms with Crippen LogP contribution in [-0.4, -0.2) is 17.2 Å². The number of carbonyl (C=O) groups is 2. The molecule has 0 bridgehead atoms. The molecule has 0 rings (SSSR count). The summed E-state index contributed by atoms with van der Waals surface area (Å²) in [4.78, 5) is 21.2. The van der Waals surface area contributed by atoms with E-state index >= 15 is 0 Å². The first-order chi connectivity index (χ1) is 4.95. The van der Waals surface area contributed by atoms with Crippen LogP contribution in [0.15, 0.2) is 0 Å². The zero-order valence-electron chi connectivity index (χ0n) is 6.85. The number of rotatable bonds is 3. The molecule has 0 fully saturated rings. The van der Waals surface area contributed by atoms with Gasteiger partial charge in [-0.2, -0.15) is 0 Å². The summed E-state index contributed by atoms with van der Waals surface area (Å²) >= 11 is 5.23. The second kappa shape index (κ2) is 4.34. The van der Waals surface area contributed by atoms with Crippen molar-refractivity contribution in [3.63, 3.8) is 0 Å². The second-order valence-corrected chi connectivity index (χ2v) is 3.10. The van der Waals surface area contributed by atoms with Crippen molar-refractivity contribution >= 4 is 22.8 Å². The Hall–Kier alpha value is -0.570. The van der Waals surface area contributed by atoms with Gasteiger partial charge in [0.25, 0.3) is 0 Å². The van der Waals surface area contributed by atoms with E-state index in [0.29, 0.717) is 0 Å². The summed E-state index contributed by atoms with van der Waals surface area (Å²) in [5.74, 6) is -0.207. The lowest BCUT2D eigenvalue weighted by molar-refractivity contribution is -0.124. The number of carbonyl (C=O) groups excluding carboxylic acids is 2. The summed E-state index contributed by atoms with van der Waals surface area (Å²) in [5, 5.41) is 1.94. The van der Waals surface area contributed by atoms with Gasteiger partial charge < -0.3 is 5.32 Å². The van der Waals surface area contributed by atoms with Crippen LogP contribution in [0.1, 0.15) is 20.8 Å². The maximum absolute atomic E-state index is 10.7. The van der Waals surface area contributed by atoms with Gasteiger partial charge in [-0.15, -0.1) is 0 Å². The Morgan fingerprint density at radius 2 is 1.82 bits per heavy atom. The maximum Gasteiger partial charge on any atom is 0.244 e. The number of nitrogens with one attached hydrogen (secondary N) is 1. The predicted molar refractivity (Wildman–Crippen MR) is 43.3 cm³/mol. The topological polar surface area (TPSA) is 46.2 Å². The highest BCUT2D eigenvalue weighted by atomic mass is 35.5. The number of amides is 1. The van der Waals surface area contributed by atoms with Gasteiger partial charge in [0.2, 0.25) is 11.1 Å². The summed E-state index contributed by atoms with van der Waals surface area (Å²) in [6, 6.07) is -0.561. The molecule has 0 unspecified atom stereocenters. The first-order valence-electron chi connectivity index (χ1n) is 3.41. The first kappa shape index (κ1) is 10.4. The second-order valence-electron chi connectivity index (χ2n) is 2.73. The van der Waals surface area contributed by atoms with Crippen LogP contribution in [0.5, 0.6) is 0 Å². The van der Waals surface area contributed by atoms with Gasteiger partial charge in [0.05, 0.1) is 0 Å². The highest BCUT2D eigenvalue weighted by molar-refractivity contribution is 6.64. The van der Waals surface area contributed by atoms with Gasteiger partial charge in [0, 0.05) is 6.92 Å². The van der Waals surface area contributed by atoms with Crippen molar-refractivity contribution in [3.8, 4) is 0 Å². The summed E-state index contributed by atoms with van der Waals surface area (Å²) < 4.78 is 0. The van der Waals surface area contributed by atoms with Crippen LogP contribution in [0, 0.1) is 5.92 Å². The quantitative estimate of drug-likeness (QED) is 0.652. The predicted octanol–water partition coefficient (Wildman–Crippen LogP) is 0.912. The molecule has 0 heterocycles. The molecule has 4 heteroatoms. The van der Waals surface area contributed by atoms with Crippen LogP contribution in [0.2, 0.25) is 0 Å². The molecule has 0 aromatic heterocycles. The Morgan fingerprint density at radius 1 is 1.36 bits per heavy atom. The van der Waals surface area contributed by atoms with E-state index in [1.54, 1.807) is 0 Å². The molecule has 0 radical (unpaired) electrons. The van der Waals surface area contributed by atoms with E-state index in [-0.39, 0.29) is 11.8 Å². The third-order valence-corrected chi connectivity index (χ3v) is 1.51. The smallest absolute Gasteiger partial charge is 0.244 e. The standard InChI is InChI=1S/C7H12ClNO2/c1-4(2)6(7(8)11)9-5(3)10/h4,6H,1-3H3,(H,9,10)/t6-/m0/s1. The Bertz CT molecular complexity index is 168. The molecule has 1 N–H and O–H groups in total. The van der Waals surface area contributed by atoms with Crippen molar-refractivity contribution in [3.05, 3.63) is 0 Å². The molecule has 1 atom stereocenters. The normalized spacial score (nSPS) is 12.8. The van der Waals surface area contributed by atoms with Gasteiger partial charge in [0.1, 0.15) is 6.04 Å². The summed E-state index contributed by atoms with van der Waals surface area (Å²) in [6.45, 7) is 5.00. The van der Waals surface area contributed by atoms with E-state index in [9.17, 15) is 9.59 Å². The minimum Gasteiger partial charge on any atom is -0.345 e. The Labute approximate surface area is 71.1 Å². The first-order valence-corrected chi connectivity index (χ1v) is 3.79. The largest absolute Gasteiger partial charge is 0.345 e. The van der Waals surface area contributed by atoms with Crippen LogP contribution in [0.3, 0.4) is 0 Å². The SMILES string of the molecule is CC(=O)N[C@H](C(=O)Cl)C(C)C. The molecule has 1 amide bonds. The molecule has 0 aliphatic carbocycles. The molecule has 0 aliphatic rings. The summed E-state index contributed by atoms with van der Waals surface area (Å²) in [5.41, 5.74) is 0. The molecule has 11 heavy (non-hydrogen) atoms. The minimum atomic E-state index is -0.561. The molecule has 0 aromatic rings. The van der Waals surface area contributed by atoms with Gasteiger partial charge in [-0.1, -0.05) is 13.8 Å². The van der Waals surface area contributed by atoms with Gasteiger partial charge in [0.15, 0.2) is 0 Å². The Morgan fingerprint density at radius 3 is 1.91 bits per heavy atom. The minimum absolute atomic E-state index is 0.0314. The number of hydrogen-bond donors (Lipinski definition) is 1. The zero-order chi connectivity index (χ0) is 9.02. The molecule has 0 aromatic carbocycles. The van der Waals surface area contributed by atoms with E-state index in [2.05, 4.69) is 5.32 Å². The monoisotopic (exact) mass is 177 g/mol. The van der Waals surface area contributed by atoms with E-state index in [1.165, 1.54) is 6.92 Å². The lowest BCUT2D eigenvalue weighted by atomic mass is 10.1. The number of hydrogen-bond acceptors (Lipinski definition) is 2. The third kappa shape index (κ3) is 3.98. The molecule has 64 valence electrons. The van der Waals surface area contributed by atoms with Crippen molar-refractivity contribution in [2.75, 3.05) is 0 Å². The Balaban J connectivity index is 4.12. The lowest BCUT2D eigenvalue weighted by Gasteiger charge is -2.16. The van der Waals surface area contributed by atoms with Crippen LogP contribution >= 0.6 is 11.6 Å². The molecular formula is C7H12ClNO2. The van der Waals surface area contributed by atoms with Gasteiger partial charge >= 0.3 is 0 Å². The van der Waals surface area contributed by atoms with Crippen LogP contribution in [-0.2, 0) is 9.59 Å². The summed E-state index contributed by atoms with van der Waals surface area (Å²) in [7, 11) is 0. The maximum atomic E-state index is 10.7. The van der Waals surface area contributed by atoms with Gasteiger partial charge in [-0.25, -0.2) is 0 Å². The molecule has 3 nitrogen and oxygen atoms in total. The molecule has 0 aliphatic heterocycles. The molecule has 0 spiro atoms. The lowest BCUT2D eigenvalue weighted by Crippen LogP contribution is -2.41. The van der Waals surface area contributed by atoms with Crippen molar-refractivity contribution in [2.45, 2.75) is 26.8 Å². The Kier molecular flexibility index (Phi) is 4.11. The van der Waals surface area contributed by atoms with Crippen molar-refractivity contribution in [1.29, 1.82) is 0 Å². The van der Waals surface area contributed by atoms with E-state index < -0.39 is 11.3 Å². The van der Waals surface area contributed by atoms with Crippen LogP contribution in [0.4, 0.5) is 0 Å². The average Bonchev–Trinajstić information content (AvgIpc) is 1.81. The van der Waals surface area contributed by atoms with Crippen molar-refractivity contribution < 1.29 is 9.59 Å². The van der Waals surface area contributed by atoms with Crippen molar-refractivity contribution in [1.82, 2.24) is 5.32 Å². The van der Waals surface area contributed by atoms with E-state index in [1.807, 2.05) is 13.8 Å². The fraction of sp³-hybridized carbons (Fsp3) is 0.714. The fourth-order valence-electron chi connectivity index (χ4n) is 0.704. The highest BCUT2D eigenvalue weighted by Gasteiger charge is 2.20. The van der Waals surface area contributed by atoms with E-state index in [0.717, 1.165) is 0 Å². The molecule has 0 saturated heterocycles. The van der Waals surface area contributed by atoms with Crippen molar-refractivity contribution in [2.24, 2.45) is 5.92 Å². The molecule has 0 saturated carbocycles. The summed E-state index contributed by atoms with van der Waals surface area (Å²) in [6.07, 6.45) is 0. The fourth-order valence-corrected chi connectivity index (χ4v) is 1.01. The van der Waals surface area contributed by atoms with Gasteiger partial charge in [-0.3, -0.25) is 9.59 Å². The van der Waals surface area contributed by atoms with Crippen LogP contribution in [0.25, 0.3) is 0 Å². The average molecular weight is 178 g/mol. The van der Waals surface area contributed by atoms with E-state index in [4.69, 9.17) is 11.6 Å². The highest BCUT2D eigenvalue weighted by Crippen LogP contribution is 2.04. The van der Waals surface area contributed by atoms with Crippen LogP contribution < -0.4 is 5.32 Å². The molecular weight excluding hydrogens is 166 g/mol. The third-order valence-electron chi connectivity index (χ3n) is 1.27.